The number of nitrogen functional groups attached to an aromatic ring is 1. The van der Waals surface area contributed by atoms with E-state index in [0.717, 1.165) is 12.1 Å². The fourth-order valence-electron chi connectivity index (χ4n) is 1.49. The number of nitrogens with zero attached hydrogens (tertiary/aromatic N) is 1. The van der Waals surface area contributed by atoms with Gasteiger partial charge in [-0.25, -0.2) is 23.6 Å². The molecule has 106 valence electrons. The van der Waals surface area contributed by atoms with Crippen LogP contribution in [-0.4, -0.2) is 13.4 Å². The predicted octanol–water partition coefficient (Wildman–Crippen LogP) is 2.07. The van der Waals surface area contributed by atoms with Crippen LogP contribution in [0.2, 0.25) is 0 Å². The van der Waals surface area contributed by atoms with Crippen molar-refractivity contribution in [3.8, 4) is 0 Å². The highest BCUT2D eigenvalue weighted by atomic mass is 79.9. The van der Waals surface area contributed by atoms with Crippen molar-refractivity contribution in [2.24, 2.45) is 5.84 Å². The van der Waals surface area contributed by atoms with Crippen LogP contribution >= 0.6 is 15.9 Å². The highest BCUT2D eigenvalue weighted by Gasteiger charge is 2.20. The molecule has 1 aromatic heterocycles. The van der Waals surface area contributed by atoms with Gasteiger partial charge in [-0.3, -0.25) is 4.72 Å². The van der Waals surface area contributed by atoms with Crippen molar-refractivity contribution in [2.45, 2.75) is 4.90 Å². The lowest BCUT2D eigenvalue weighted by Gasteiger charge is -2.12. The number of aromatic nitrogens is 1. The Labute approximate surface area is 123 Å². The fourth-order valence-corrected chi connectivity index (χ4v) is 3.27. The maximum atomic E-state index is 13.0. The number of pyridine rings is 1. The molecular weight excluding hydrogens is 351 g/mol. The van der Waals surface area contributed by atoms with Gasteiger partial charge >= 0.3 is 0 Å². The third kappa shape index (κ3) is 3.06. The summed E-state index contributed by atoms with van der Waals surface area (Å²) in [6.07, 6.45) is 1.40. The Hall–Kier alpha value is -1.71. The molecule has 0 aliphatic rings. The summed E-state index contributed by atoms with van der Waals surface area (Å²) in [7, 11) is -3.90. The van der Waals surface area contributed by atoms with E-state index < -0.39 is 15.8 Å². The average Bonchev–Trinajstić information content (AvgIpc) is 2.42. The van der Waals surface area contributed by atoms with Gasteiger partial charge < -0.3 is 5.43 Å². The summed E-state index contributed by atoms with van der Waals surface area (Å²) in [6.45, 7) is 0. The van der Waals surface area contributed by atoms with Crippen molar-refractivity contribution >= 4 is 37.5 Å². The molecule has 0 bridgehead atoms. The van der Waals surface area contributed by atoms with Gasteiger partial charge in [-0.1, -0.05) is 0 Å². The van der Waals surface area contributed by atoms with Crippen LogP contribution in [0.1, 0.15) is 0 Å². The van der Waals surface area contributed by atoms with Gasteiger partial charge in [0.05, 0.1) is 5.69 Å². The van der Waals surface area contributed by atoms with Gasteiger partial charge in [0.15, 0.2) is 5.82 Å². The van der Waals surface area contributed by atoms with Crippen LogP contribution < -0.4 is 16.0 Å². The van der Waals surface area contributed by atoms with Crippen LogP contribution in [0.5, 0.6) is 0 Å². The van der Waals surface area contributed by atoms with E-state index in [-0.39, 0.29) is 20.9 Å². The zero-order valence-corrected chi connectivity index (χ0v) is 12.4. The van der Waals surface area contributed by atoms with E-state index in [4.69, 9.17) is 5.84 Å². The number of hydrazine groups is 1. The van der Waals surface area contributed by atoms with Crippen LogP contribution in [0.15, 0.2) is 45.9 Å². The monoisotopic (exact) mass is 360 g/mol. The van der Waals surface area contributed by atoms with Crippen LogP contribution in [0.25, 0.3) is 0 Å². The summed E-state index contributed by atoms with van der Waals surface area (Å²) in [5.41, 5.74) is 2.42. The Balaban J connectivity index is 2.41. The molecule has 1 aromatic carbocycles. The van der Waals surface area contributed by atoms with E-state index >= 15 is 0 Å². The van der Waals surface area contributed by atoms with Gasteiger partial charge in [0.25, 0.3) is 10.0 Å². The molecule has 6 nitrogen and oxygen atoms in total. The lowest BCUT2D eigenvalue weighted by Crippen LogP contribution is -2.18. The molecule has 9 heteroatoms. The molecule has 0 unspecified atom stereocenters. The van der Waals surface area contributed by atoms with Crippen molar-refractivity contribution in [3.05, 3.63) is 46.8 Å². The second-order valence-corrected chi connectivity index (χ2v) is 6.23. The summed E-state index contributed by atoms with van der Waals surface area (Å²) in [5.74, 6) is 4.76. The highest BCUT2D eigenvalue weighted by molar-refractivity contribution is 9.10. The number of halogens is 2. The number of sulfonamides is 1. The molecule has 0 radical (unpaired) electrons. The Morgan fingerprint density at radius 3 is 2.70 bits per heavy atom. The molecule has 2 rings (SSSR count). The van der Waals surface area contributed by atoms with Gasteiger partial charge in [0, 0.05) is 10.7 Å². The second kappa shape index (κ2) is 5.73. The third-order valence-corrected chi connectivity index (χ3v) is 4.43. The number of anilines is 2. The number of nitrogens with one attached hydrogen (secondary N) is 2. The van der Waals surface area contributed by atoms with Crippen LogP contribution in [0, 0.1) is 5.82 Å². The molecule has 0 saturated carbocycles. The quantitative estimate of drug-likeness (QED) is 0.572. The SMILES string of the molecule is NNc1ncccc1S(=O)(=O)Nc1ccc(F)cc1Br. The zero-order chi connectivity index (χ0) is 14.8. The van der Waals surface area contributed by atoms with E-state index in [0.29, 0.717) is 0 Å². The first kappa shape index (κ1) is 14.7. The molecule has 0 aliphatic carbocycles. The van der Waals surface area contributed by atoms with Gasteiger partial charge in [-0.15, -0.1) is 0 Å². The first-order valence-electron chi connectivity index (χ1n) is 5.33. The topological polar surface area (TPSA) is 97.1 Å². The van der Waals surface area contributed by atoms with E-state index in [9.17, 15) is 12.8 Å². The molecule has 0 amide bonds. The van der Waals surface area contributed by atoms with E-state index in [1.54, 1.807) is 0 Å². The van der Waals surface area contributed by atoms with Crippen molar-refractivity contribution in [3.63, 3.8) is 0 Å². The number of hydrogen-bond acceptors (Lipinski definition) is 5. The average molecular weight is 361 g/mol. The van der Waals surface area contributed by atoms with E-state index in [2.05, 4.69) is 31.1 Å². The second-order valence-electron chi connectivity index (χ2n) is 3.72. The number of rotatable bonds is 4. The minimum Gasteiger partial charge on any atom is -0.307 e. The Bertz CT molecular complexity index is 739. The predicted molar refractivity (Wildman–Crippen MR) is 77.0 cm³/mol. The molecule has 0 aliphatic heterocycles. The van der Waals surface area contributed by atoms with Crippen LogP contribution in [-0.2, 0) is 10.0 Å². The van der Waals surface area contributed by atoms with Crippen molar-refractivity contribution in [2.75, 3.05) is 10.1 Å². The van der Waals surface area contributed by atoms with Crippen molar-refractivity contribution in [1.82, 2.24) is 4.98 Å². The molecule has 0 atom stereocenters. The van der Waals surface area contributed by atoms with E-state index in [1.807, 2.05) is 0 Å². The minimum atomic E-state index is -3.90. The third-order valence-electron chi connectivity index (χ3n) is 2.37. The molecule has 1 heterocycles. The lowest BCUT2D eigenvalue weighted by molar-refractivity contribution is 0.601. The van der Waals surface area contributed by atoms with Gasteiger partial charge in [-0.05, 0) is 46.3 Å². The zero-order valence-electron chi connectivity index (χ0n) is 9.97. The van der Waals surface area contributed by atoms with E-state index in [1.165, 1.54) is 24.4 Å². The summed E-state index contributed by atoms with van der Waals surface area (Å²) in [6, 6.07) is 6.43. The fraction of sp³-hybridized carbons (Fsp3) is 0. The highest BCUT2D eigenvalue weighted by Crippen LogP contribution is 2.27. The summed E-state index contributed by atoms with van der Waals surface area (Å²) < 4.78 is 40.1. The van der Waals surface area contributed by atoms with Crippen molar-refractivity contribution in [1.29, 1.82) is 0 Å². The largest absolute Gasteiger partial charge is 0.307 e. The molecule has 0 fully saturated rings. The van der Waals surface area contributed by atoms with Crippen molar-refractivity contribution < 1.29 is 12.8 Å². The first-order valence-corrected chi connectivity index (χ1v) is 7.61. The Kier molecular flexibility index (Phi) is 4.21. The standard InChI is InChI=1S/C11H10BrFN4O2S/c12-8-6-7(13)3-4-9(8)17-20(18,19)10-2-1-5-15-11(10)16-14/h1-6,17H,14H2,(H,15,16). The van der Waals surface area contributed by atoms with Crippen LogP contribution in [0.4, 0.5) is 15.9 Å². The summed E-state index contributed by atoms with van der Waals surface area (Å²) in [5, 5.41) is 0. The van der Waals surface area contributed by atoms with Gasteiger partial charge in [0.2, 0.25) is 0 Å². The molecule has 0 spiro atoms. The Morgan fingerprint density at radius 2 is 2.05 bits per heavy atom. The normalized spacial score (nSPS) is 11.2. The number of benzene rings is 1. The number of hydrogen-bond donors (Lipinski definition) is 3. The smallest absolute Gasteiger partial charge is 0.265 e. The molecule has 2 aromatic rings. The summed E-state index contributed by atoms with van der Waals surface area (Å²) >= 11 is 3.09. The molecule has 4 N–H and O–H groups in total. The number of nitrogens with two attached hydrogens (primary N) is 1. The minimum absolute atomic E-state index is 0.0123. The lowest BCUT2D eigenvalue weighted by atomic mass is 10.3. The first-order chi connectivity index (χ1) is 9.44. The van der Waals surface area contributed by atoms with Gasteiger partial charge in [-0.2, -0.15) is 0 Å². The molecule has 20 heavy (non-hydrogen) atoms. The summed E-state index contributed by atoms with van der Waals surface area (Å²) in [4.78, 5) is 3.70. The van der Waals surface area contributed by atoms with Crippen LogP contribution in [0.3, 0.4) is 0 Å². The maximum Gasteiger partial charge on any atom is 0.265 e. The Morgan fingerprint density at radius 1 is 1.30 bits per heavy atom. The van der Waals surface area contributed by atoms with Gasteiger partial charge in [0.1, 0.15) is 10.7 Å². The molecule has 0 saturated heterocycles. The maximum absolute atomic E-state index is 13.0. The molecular formula is C11H10BrFN4O2S.